The summed E-state index contributed by atoms with van der Waals surface area (Å²) >= 11 is 0.541. The Morgan fingerprint density at radius 1 is 1.29 bits per heavy atom. The van der Waals surface area contributed by atoms with Crippen LogP contribution in [-0.4, -0.2) is 5.76 Å². The number of alkyl halides is 2. The molecule has 1 unspecified atom stereocenters. The van der Waals surface area contributed by atoms with Crippen LogP contribution in [-0.2, 0) is 0 Å². The second-order valence-corrected chi connectivity index (χ2v) is 3.90. The lowest BCUT2D eigenvalue weighted by molar-refractivity contribution is 0.252. The van der Waals surface area contributed by atoms with E-state index in [4.69, 9.17) is 6.42 Å². The molecule has 0 spiro atoms. The molecule has 0 N–H and O–H groups in total. The topological polar surface area (TPSA) is 0 Å². The summed E-state index contributed by atoms with van der Waals surface area (Å²) < 4.78 is 24.0. The maximum atomic E-state index is 12.0. The van der Waals surface area contributed by atoms with Gasteiger partial charge in [-0.2, -0.15) is 8.78 Å². The van der Waals surface area contributed by atoms with E-state index in [1.165, 1.54) is 0 Å². The van der Waals surface area contributed by atoms with Crippen molar-refractivity contribution in [2.45, 2.75) is 23.5 Å². The highest BCUT2D eigenvalue weighted by atomic mass is 32.2. The van der Waals surface area contributed by atoms with E-state index in [0.717, 1.165) is 5.56 Å². The van der Waals surface area contributed by atoms with Crippen LogP contribution < -0.4 is 0 Å². The van der Waals surface area contributed by atoms with E-state index < -0.39 is 5.76 Å². The van der Waals surface area contributed by atoms with Gasteiger partial charge in [-0.25, -0.2) is 0 Å². The molecule has 0 heterocycles. The zero-order chi connectivity index (χ0) is 10.6. The molecule has 0 amide bonds. The minimum Gasteiger partial charge on any atom is -0.198 e. The normalized spacial score (nSPS) is 12.5. The van der Waals surface area contributed by atoms with Gasteiger partial charge in [0.15, 0.2) is 0 Å². The number of halogens is 2. The number of rotatable bonds is 3. The molecule has 0 aliphatic rings. The molecule has 0 saturated heterocycles. The standard InChI is InChI=1S/C11H10F2S/c1-3-8(2)9-4-6-10(7-5-9)14-11(12)13/h1,4-8,11H,2H3. The lowest BCUT2D eigenvalue weighted by Crippen LogP contribution is -1.89. The van der Waals surface area contributed by atoms with Gasteiger partial charge < -0.3 is 0 Å². The number of benzene rings is 1. The largest absolute Gasteiger partial charge is 0.288 e. The van der Waals surface area contributed by atoms with E-state index >= 15 is 0 Å². The third-order valence-corrected chi connectivity index (χ3v) is 2.58. The Labute approximate surface area is 86.7 Å². The molecule has 1 aromatic carbocycles. The second-order valence-electron chi connectivity index (χ2n) is 2.84. The molecule has 0 nitrogen and oxygen atoms in total. The monoisotopic (exact) mass is 212 g/mol. The fraction of sp³-hybridized carbons (Fsp3) is 0.273. The Balaban J connectivity index is 2.74. The van der Waals surface area contributed by atoms with Crippen molar-refractivity contribution in [2.75, 3.05) is 0 Å². The Kier molecular flexibility index (Phi) is 3.97. The van der Waals surface area contributed by atoms with Crippen LogP contribution in [0.25, 0.3) is 0 Å². The van der Waals surface area contributed by atoms with Crippen molar-refractivity contribution in [3.8, 4) is 12.3 Å². The molecule has 1 atom stereocenters. The summed E-state index contributed by atoms with van der Waals surface area (Å²) in [4.78, 5) is 0.563. The SMILES string of the molecule is C#CC(C)c1ccc(SC(F)F)cc1. The van der Waals surface area contributed by atoms with Crippen molar-refractivity contribution in [3.05, 3.63) is 29.8 Å². The highest BCUT2D eigenvalue weighted by Gasteiger charge is 2.06. The van der Waals surface area contributed by atoms with Crippen molar-refractivity contribution >= 4 is 11.8 Å². The van der Waals surface area contributed by atoms with Gasteiger partial charge in [-0.15, -0.1) is 6.42 Å². The van der Waals surface area contributed by atoms with Crippen LogP contribution in [0.15, 0.2) is 29.2 Å². The van der Waals surface area contributed by atoms with Crippen LogP contribution in [0, 0.1) is 12.3 Å². The first kappa shape index (κ1) is 11.1. The van der Waals surface area contributed by atoms with Gasteiger partial charge in [0.05, 0.1) is 0 Å². The third-order valence-electron chi connectivity index (χ3n) is 1.86. The van der Waals surface area contributed by atoms with Crippen LogP contribution in [0.4, 0.5) is 8.78 Å². The van der Waals surface area contributed by atoms with E-state index in [9.17, 15) is 8.78 Å². The summed E-state index contributed by atoms with van der Waals surface area (Å²) in [5.41, 5.74) is 0.978. The molecular formula is C11H10F2S. The summed E-state index contributed by atoms with van der Waals surface area (Å²) in [6, 6.07) is 6.91. The third kappa shape index (κ3) is 3.04. The van der Waals surface area contributed by atoms with Gasteiger partial charge in [0.2, 0.25) is 0 Å². The average molecular weight is 212 g/mol. The quantitative estimate of drug-likeness (QED) is 0.543. The van der Waals surface area contributed by atoms with Gasteiger partial charge in [-0.1, -0.05) is 29.8 Å². The highest BCUT2D eigenvalue weighted by molar-refractivity contribution is 7.99. The first-order valence-electron chi connectivity index (χ1n) is 4.14. The molecular weight excluding hydrogens is 202 g/mol. The molecule has 14 heavy (non-hydrogen) atoms. The van der Waals surface area contributed by atoms with Gasteiger partial charge in [0.25, 0.3) is 5.76 Å². The first-order valence-corrected chi connectivity index (χ1v) is 5.02. The Bertz CT molecular complexity index is 324. The maximum absolute atomic E-state index is 12.0. The van der Waals surface area contributed by atoms with E-state index in [2.05, 4.69) is 5.92 Å². The van der Waals surface area contributed by atoms with Crippen molar-refractivity contribution in [1.82, 2.24) is 0 Å². The molecule has 0 radical (unpaired) electrons. The Hall–Kier alpha value is -1.01. The fourth-order valence-electron chi connectivity index (χ4n) is 1.03. The number of terminal acetylenes is 1. The van der Waals surface area contributed by atoms with Crippen molar-refractivity contribution in [1.29, 1.82) is 0 Å². The zero-order valence-corrected chi connectivity index (χ0v) is 8.52. The molecule has 0 bridgehead atoms. The van der Waals surface area contributed by atoms with Crippen molar-refractivity contribution in [2.24, 2.45) is 0 Å². The predicted octanol–water partition coefficient (Wildman–Crippen LogP) is 3.74. The minimum atomic E-state index is -2.37. The average Bonchev–Trinajstić information content (AvgIpc) is 2.17. The van der Waals surface area contributed by atoms with E-state index in [1.807, 2.05) is 6.92 Å². The van der Waals surface area contributed by atoms with Crippen molar-refractivity contribution < 1.29 is 8.78 Å². The van der Waals surface area contributed by atoms with Crippen LogP contribution >= 0.6 is 11.8 Å². The molecule has 0 saturated carbocycles. The lowest BCUT2D eigenvalue weighted by atomic mass is 10.0. The Morgan fingerprint density at radius 2 is 1.86 bits per heavy atom. The smallest absolute Gasteiger partial charge is 0.198 e. The molecule has 0 aromatic heterocycles. The van der Waals surface area contributed by atoms with Crippen LogP contribution in [0.3, 0.4) is 0 Å². The van der Waals surface area contributed by atoms with Crippen LogP contribution in [0.5, 0.6) is 0 Å². The summed E-state index contributed by atoms with van der Waals surface area (Å²) in [6.07, 6.45) is 5.25. The molecule has 0 aliphatic carbocycles. The molecule has 3 heteroatoms. The summed E-state index contributed by atoms with van der Waals surface area (Å²) in [6.45, 7) is 1.90. The summed E-state index contributed by atoms with van der Waals surface area (Å²) in [5.74, 6) is 0.245. The number of thioether (sulfide) groups is 1. The first-order chi connectivity index (χ1) is 6.63. The van der Waals surface area contributed by atoms with Gasteiger partial charge in [-0.3, -0.25) is 0 Å². The number of hydrogen-bond donors (Lipinski definition) is 0. The molecule has 0 aliphatic heterocycles. The molecule has 1 rings (SSSR count). The molecule has 74 valence electrons. The van der Waals surface area contributed by atoms with Gasteiger partial charge >= 0.3 is 0 Å². The van der Waals surface area contributed by atoms with Crippen LogP contribution in [0.2, 0.25) is 0 Å². The Morgan fingerprint density at radius 3 is 2.29 bits per heavy atom. The van der Waals surface area contributed by atoms with Gasteiger partial charge in [0.1, 0.15) is 0 Å². The van der Waals surface area contributed by atoms with Crippen LogP contribution in [0.1, 0.15) is 18.4 Å². The minimum absolute atomic E-state index is 0.0283. The summed E-state index contributed by atoms with van der Waals surface area (Å²) in [7, 11) is 0. The zero-order valence-electron chi connectivity index (χ0n) is 7.71. The summed E-state index contributed by atoms with van der Waals surface area (Å²) in [5, 5.41) is 0. The van der Waals surface area contributed by atoms with Gasteiger partial charge in [0, 0.05) is 10.8 Å². The molecule has 1 aromatic rings. The van der Waals surface area contributed by atoms with Crippen molar-refractivity contribution in [3.63, 3.8) is 0 Å². The van der Waals surface area contributed by atoms with E-state index in [-0.39, 0.29) is 5.92 Å². The highest BCUT2D eigenvalue weighted by Crippen LogP contribution is 2.26. The second kappa shape index (κ2) is 5.02. The number of hydrogen-bond acceptors (Lipinski definition) is 1. The maximum Gasteiger partial charge on any atom is 0.288 e. The molecule has 0 fully saturated rings. The van der Waals surface area contributed by atoms with E-state index in [0.29, 0.717) is 16.7 Å². The predicted molar refractivity (Wildman–Crippen MR) is 55.6 cm³/mol. The fourth-order valence-corrected chi connectivity index (χ4v) is 1.53. The van der Waals surface area contributed by atoms with E-state index in [1.54, 1.807) is 24.3 Å². The lowest BCUT2D eigenvalue weighted by Gasteiger charge is -2.05. The van der Waals surface area contributed by atoms with Gasteiger partial charge in [-0.05, 0) is 24.6 Å².